The highest BCUT2D eigenvalue weighted by Gasteiger charge is 2.32. The Bertz CT molecular complexity index is 1390. The fourth-order valence-electron chi connectivity index (χ4n) is 4.75. The molecule has 4 aromatic rings. The number of fused-ring (bicyclic) bond motifs is 1. The minimum Gasteiger partial charge on any atom is -0.505 e. The molecular formula is C30H34ClN3O2. The standard InChI is InChI=1S/C30H34ClN3O2/c1-6-7-11-16-29(2,3)22-18-23(30(4,5)21-12-9-8-10-13-21)27(35)26(19-22)34-32-24-15-14-20(28(31)36)17-25(24)33-34/h8-10,12-15,17-19,35H,6-7,11,16H2,1-5H3. The van der Waals surface area contributed by atoms with E-state index in [0.29, 0.717) is 22.3 Å². The van der Waals surface area contributed by atoms with Crippen molar-refractivity contribution in [3.63, 3.8) is 0 Å². The number of phenolic OH excluding ortho intramolecular Hbond substituents is 1. The lowest BCUT2D eigenvalue weighted by Crippen LogP contribution is -2.23. The monoisotopic (exact) mass is 503 g/mol. The van der Waals surface area contributed by atoms with E-state index in [1.807, 2.05) is 24.3 Å². The van der Waals surface area contributed by atoms with E-state index in [0.717, 1.165) is 29.5 Å². The van der Waals surface area contributed by atoms with Crippen LogP contribution in [0.3, 0.4) is 0 Å². The first-order valence-corrected chi connectivity index (χ1v) is 12.9. The van der Waals surface area contributed by atoms with E-state index in [-0.39, 0.29) is 11.2 Å². The molecule has 1 heterocycles. The number of carbonyl (C=O) groups excluding carboxylic acids is 1. The average molecular weight is 504 g/mol. The number of rotatable bonds is 9. The van der Waals surface area contributed by atoms with Gasteiger partial charge in [-0.25, -0.2) is 0 Å². The minimum absolute atomic E-state index is 0.107. The number of carbonyl (C=O) groups is 1. The van der Waals surface area contributed by atoms with Gasteiger partial charge in [-0.2, -0.15) is 0 Å². The fourth-order valence-corrected chi connectivity index (χ4v) is 4.87. The first-order valence-electron chi connectivity index (χ1n) is 12.6. The zero-order valence-corrected chi connectivity index (χ0v) is 22.4. The van der Waals surface area contributed by atoms with E-state index < -0.39 is 10.7 Å². The maximum absolute atomic E-state index is 11.6. The van der Waals surface area contributed by atoms with E-state index in [4.69, 9.17) is 11.6 Å². The third-order valence-electron chi connectivity index (χ3n) is 7.27. The summed E-state index contributed by atoms with van der Waals surface area (Å²) in [6.07, 6.45) is 4.52. The average Bonchev–Trinajstić information content (AvgIpc) is 3.27. The Kier molecular flexibility index (Phi) is 7.24. The zero-order chi connectivity index (χ0) is 26.1. The number of aromatic hydroxyl groups is 1. The number of aromatic nitrogens is 3. The quantitative estimate of drug-likeness (QED) is 0.188. The van der Waals surface area contributed by atoms with Crippen molar-refractivity contribution in [1.29, 1.82) is 0 Å². The van der Waals surface area contributed by atoms with Crippen LogP contribution < -0.4 is 0 Å². The molecule has 1 aromatic heterocycles. The molecule has 6 heteroatoms. The maximum atomic E-state index is 11.6. The second-order valence-corrected chi connectivity index (χ2v) is 11.0. The minimum atomic E-state index is -0.544. The second-order valence-electron chi connectivity index (χ2n) is 10.7. The number of hydrogen-bond acceptors (Lipinski definition) is 4. The Hall–Kier alpha value is -3.18. The van der Waals surface area contributed by atoms with Gasteiger partial charge in [0, 0.05) is 16.5 Å². The predicted octanol–water partition coefficient (Wildman–Crippen LogP) is 7.69. The molecule has 0 fully saturated rings. The van der Waals surface area contributed by atoms with Crippen LogP contribution in [0.4, 0.5) is 0 Å². The number of unbranched alkanes of at least 4 members (excludes halogenated alkanes) is 2. The van der Waals surface area contributed by atoms with Gasteiger partial charge in [0.1, 0.15) is 22.5 Å². The lowest BCUT2D eigenvalue weighted by molar-refractivity contribution is 0.108. The third kappa shape index (κ3) is 5.03. The van der Waals surface area contributed by atoms with Gasteiger partial charge in [0.15, 0.2) is 0 Å². The molecular weight excluding hydrogens is 470 g/mol. The van der Waals surface area contributed by atoms with Crippen molar-refractivity contribution in [2.45, 2.75) is 71.1 Å². The summed E-state index contributed by atoms with van der Waals surface area (Å²) < 4.78 is 0. The SMILES string of the molecule is CCCCCC(C)(C)c1cc(-n2nc3ccc(C(=O)Cl)cc3n2)c(O)c(C(C)(C)c2ccccc2)c1. The highest BCUT2D eigenvalue weighted by Crippen LogP contribution is 2.43. The van der Waals surface area contributed by atoms with Gasteiger partial charge >= 0.3 is 0 Å². The van der Waals surface area contributed by atoms with Crippen LogP contribution in [0.15, 0.2) is 60.7 Å². The molecule has 1 N–H and O–H groups in total. The molecule has 0 aliphatic rings. The van der Waals surface area contributed by atoms with Gasteiger partial charge in [-0.3, -0.25) is 4.79 Å². The molecule has 0 aliphatic carbocycles. The van der Waals surface area contributed by atoms with Crippen LogP contribution in [0.5, 0.6) is 5.75 Å². The van der Waals surface area contributed by atoms with Crippen LogP contribution in [0, 0.1) is 0 Å². The van der Waals surface area contributed by atoms with Gasteiger partial charge < -0.3 is 5.11 Å². The Morgan fingerprint density at radius 3 is 2.28 bits per heavy atom. The topological polar surface area (TPSA) is 68.0 Å². The maximum Gasteiger partial charge on any atom is 0.252 e. The summed E-state index contributed by atoms with van der Waals surface area (Å²) in [5, 5.41) is 20.3. The summed E-state index contributed by atoms with van der Waals surface area (Å²) in [6, 6.07) is 19.3. The van der Waals surface area contributed by atoms with E-state index in [2.05, 4.69) is 63.0 Å². The van der Waals surface area contributed by atoms with E-state index in [1.54, 1.807) is 18.2 Å². The molecule has 0 bridgehead atoms. The Morgan fingerprint density at radius 1 is 0.917 bits per heavy atom. The predicted molar refractivity (Wildman–Crippen MR) is 146 cm³/mol. The van der Waals surface area contributed by atoms with Crippen LogP contribution >= 0.6 is 11.6 Å². The highest BCUT2D eigenvalue weighted by atomic mass is 35.5. The van der Waals surface area contributed by atoms with Crippen LogP contribution in [0.2, 0.25) is 0 Å². The summed E-state index contributed by atoms with van der Waals surface area (Å²) in [4.78, 5) is 13.1. The van der Waals surface area contributed by atoms with Crippen molar-refractivity contribution in [2.75, 3.05) is 0 Å². The van der Waals surface area contributed by atoms with E-state index in [1.165, 1.54) is 17.6 Å². The number of nitrogens with zero attached hydrogens (tertiary/aromatic N) is 3. The number of hydrogen-bond donors (Lipinski definition) is 1. The molecule has 36 heavy (non-hydrogen) atoms. The molecule has 0 amide bonds. The molecule has 0 saturated carbocycles. The van der Waals surface area contributed by atoms with Gasteiger partial charge in [-0.05, 0) is 58.8 Å². The normalized spacial score (nSPS) is 12.3. The molecule has 4 rings (SSSR count). The zero-order valence-electron chi connectivity index (χ0n) is 21.7. The van der Waals surface area contributed by atoms with Crippen LogP contribution in [0.25, 0.3) is 16.7 Å². The molecule has 5 nitrogen and oxygen atoms in total. The fraction of sp³-hybridized carbons (Fsp3) is 0.367. The lowest BCUT2D eigenvalue weighted by atomic mass is 9.73. The van der Waals surface area contributed by atoms with Gasteiger partial charge in [0.2, 0.25) is 0 Å². The van der Waals surface area contributed by atoms with Crippen LogP contribution in [-0.4, -0.2) is 25.3 Å². The first-order chi connectivity index (χ1) is 17.0. The van der Waals surface area contributed by atoms with Crippen LogP contribution in [-0.2, 0) is 10.8 Å². The Labute approximate surface area is 218 Å². The number of benzene rings is 3. The van der Waals surface area contributed by atoms with Crippen molar-refractivity contribution in [3.8, 4) is 11.4 Å². The lowest BCUT2D eigenvalue weighted by Gasteiger charge is -2.32. The molecule has 188 valence electrons. The van der Waals surface area contributed by atoms with Gasteiger partial charge in [-0.15, -0.1) is 15.0 Å². The largest absolute Gasteiger partial charge is 0.505 e. The van der Waals surface area contributed by atoms with Crippen molar-refractivity contribution in [2.24, 2.45) is 0 Å². The van der Waals surface area contributed by atoms with Crippen molar-refractivity contribution >= 4 is 27.9 Å². The van der Waals surface area contributed by atoms with E-state index in [9.17, 15) is 9.90 Å². The number of phenols is 1. The van der Waals surface area contributed by atoms with Crippen molar-refractivity contribution in [1.82, 2.24) is 15.0 Å². The van der Waals surface area contributed by atoms with Gasteiger partial charge in [0.05, 0.1) is 0 Å². The molecule has 0 radical (unpaired) electrons. The molecule has 0 aliphatic heterocycles. The van der Waals surface area contributed by atoms with Crippen molar-refractivity contribution < 1.29 is 9.90 Å². The van der Waals surface area contributed by atoms with Gasteiger partial charge in [0.25, 0.3) is 5.24 Å². The second kappa shape index (κ2) is 10.1. The Balaban J connectivity index is 1.92. The molecule has 0 unspecified atom stereocenters. The summed E-state index contributed by atoms with van der Waals surface area (Å²) in [6.45, 7) is 11.0. The van der Waals surface area contributed by atoms with E-state index >= 15 is 0 Å². The molecule has 0 spiro atoms. The molecule has 0 saturated heterocycles. The molecule has 3 aromatic carbocycles. The smallest absolute Gasteiger partial charge is 0.252 e. The summed E-state index contributed by atoms with van der Waals surface area (Å²) >= 11 is 5.67. The highest BCUT2D eigenvalue weighted by molar-refractivity contribution is 6.67. The third-order valence-corrected chi connectivity index (χ3v) is 7.49. The van der Waals surface area contributed by atoms with Crippen LogP contribution in [0.1, 0.15) is 87.4 Å². The Morgan fingerprint density at radius 2 is 1.61 bits per heavy atom. The van der Waals surface area contributed by atoms with Crippen molar-refractivity contribution in [3.05, 3.63) is 82.9 Å². The molecule has 0 atom stereocenters. The van der Waals surface area contributed by atoms with Gasteiger partial charge in [-0.1, -0.05) is 90.3 Å². The number of halogens is 1. The first kappa shape index (κ1) is 25.9. The summed E-state index contributed by atoms with van der Waals surface area (Å²) in [5.74, 6) is 0.144. The summed E-state index contributed by atoms with van der Waals surface area (Å²) in [7, 11) is 0. The summed E-state index contributed by atoms with van der Waals surface area (Å²) in [5.41, 5.74) is 4.53.